The second-order valence-electron chi connectivity index (χ2n) is 8.00. The molecule has 0 radical (unpaired) electrons. The summed E-state index contributed by atoms with van der Waals surface area (Å²) in [5.41, 5.74) is 0.465. The van der Waals surface area contributed by atoms with E-state index in [1.165, 1.54) is 23.5 Å². The van der Waals surface area contributed by atoms with E-state index >= 15 is 0 Å². The Balaban J connectivity index is 1.41. The summed E-state index contributed by atoms with van der Waals surface area (Å²) in [7, 11) is -2.02. The molecule has 0 aliphatic carbocycles. The van der Waals surface area contributed by atoms with E-state index in [-0.39, 0.29) is 22.9 Å². The van der Waals surface area contributed by atoms with Gasteiger partial charge < -0.3 is 14.4 Å². The number of piperidine rings is 2. The number of hydrogen-bond donors (Lipinski definition) is 0. The first kappa shape index (κ1) is 22.5. The lowest BCUT2D eigenvalue weighted by atomic mass is 10.1. The van der Waals surface area contributed by atoms with Crippen LogP contribution in [-0.4, -0.2) is 72.9 Å². The zero-order valence-electron chi connectivity index (χ0n) is 18.1. The van der Waals surface area contributed by atoms with Crippen molar-refractivity contribution in [2.45, 2.75) is 43.1 Å². The number of rotatable bonds is 6. The lowest BCUT2D eigenvalue weighted by Crippen LogP contribution is -2.44. The van der Waals surface area contributed by atoms with Gasteiger partial charge in [-0.3, -0.25) is 4.79 Å². The van der Waals surface area contributed by atoms with Gasteiger partial charge >= 0.3 is 6.01 Å². The minimum absolute atomic E-state index is 0.138. The van der Waals surface area contributed by atoms with Gasteiger partial charge in [0.2, 0.25) is 15.9 Å². The summed E-state index contributed by atoms with van der Waals surface area (Å²) in [5.74, 6) is 0.268. The molecular weight excluding hydrogens is 432 g/mol. The number of aromatic nitrogens is 2. The molecule has 172 valence electrons. The van der Waals surface area contributed by atoms with Crippen molar-refractivity contribution < 1.29 is 22.7 Å². The first-order valence-electron chi connectivity index (χ1n) is 10.9. The van der Waals surface area contributed by atoms with Gasteiger partial charge in [0.25, 0.3) is 5.91 Å². The molecule has 0 N–H and O–H groups in total. The Hall–Kier alpha value is -2.72. The number of carbonyl (C=O) groups is 1. The Labute approximate surface area is 188 Å². The Morgan fingerprint density at radius 2 is 1.78 bits per heavy atom. The summed E-state index contributed by atoms with van der Waals surface area (Å²) >= 11 is 0. The molecule has 2 aromatic rings. The van der Waals surface area contributed by atoms with Gasteiger partial charge in [-0.15, -0.1) is 0 Å². The van der Waals surface area contributed by atoms with Crippen LogP contribution in [0.3, 0.4) is 0 Å². The average Bonchev–Trinajstić information content (AvgIpc) is 2.84. The van der Waals surface area contributed by atoms with Gasteiger partial charge in [0, 0.05) is 37.5 Å². The van der Waals surface area contributed by atoms with Crippen LogP contribution < -0.4 is 9.47 Å². The summed E-state index contributed by atoms with van der Waals surface area (Å²) in [6.45, 7) is 2.16. The van der Waals surface area contributed by atoms with Crippen molar-refractivity contribution in [3.8, 4) is 11.9 Å². The Kier molecular flexibility index (Phi) is 6.90. The van der Waals surface area contributed by atoms with Crippen molar-refractivity contribution >= 4 is 15.9 Å². The van der Waals surface area contributed by atoms with Gasteiger partial charge in [-0.05, 0) is 49.9 Å². The minimum Gasteiger partial charge on any atom is -0.472 e. The highest BCUT2D eigenvalue weighted by Gasteiger charge is 2.28. The number of amides is 1. The lowest BCUT2D eigenvalue weighted by molar-refractivity contribution is 0.0525. The summed E-state index contributed by atoms with van der Waals surface area (Å²) < 4.78 is 38.1. The molecule has 4 rings (SSSR count). The number of ether oxygens (including phenoxy) is 2. The maximum atomic E-state index is 13.0. The molecule has 2 aliphatic heterocycles. The summed E-state index contributed by atoms with van der Waals surface area (Å²) in [6.07, 6.45) is 5.82. The van der Waals surface area contributed by atoms with Crippen LogP contribution in [0.25, 0.3) is 0 Å². The third kappa shape index (κ3) is 5.02. The molecule has 1 amide bonds. The van der Waals surface area contributed by atoms with E-state index < -0.39 is 10.0 Å². The number of methoxy groups -OCH3 is 1. The first-order chi connectivity index (χ1) is 15.5. The van der Waals surface area contributed by atoms with E-state index in [0.717, 1.165) is 32.1 Å². The average molecular weight is 461 g/mol. The van der Waals surface area contributed by atoms with Crippen molar-refractivity contribution in [2.75, 3.05) is 33.3 Å². The largest absolute Gasteiger partial charge is 0.472 e. The highest BCUT2D eigenvalue weighted by Crippen LogP contribution is 2.23. The van der Waals surface area contributed by atoms with Crippen molar-refractivity contribution in [1.82, 2.24) is 19.2 Å². The van der Waals surface area contributed by atoms with E-state index in [1.807, 2.05) is 0 Å². The number of sulfonamides is 1. The summed E-state index contributed by atoms with van der Waals surface area (Å²) in [4.78, 5) is 23.1. The number of hydrogen-bond acceptors (Lipinski definition) is 7. The highest BCUT2D eigenvalue weighted by atomic mass is 32.2. The second-order valence-corrected chi connectivity index (χ2v) is 9.94. The third-order valence-electron chi connectivity index (χ3n) is 5.80. The van der Waals surface area contributed by atoms with Crippen LogP contribution in [0.15, 0.2) is 41.4 Å². The minimum atomic E-state index is -3.51. The lowest BCUT2D eigenvalue weighted by Gasteiger charge is -2.32. The maximum Gasteiger partial charge on any atom is 0.319 e. The van der Waals surface area contributed by atoms with Gasteiger partial charge in [0.15, 0.2) is 0 Å². The third-order valence-corrected chi connectivity index (χ3v) is 7.71. The molecule has 10 heteroatoms. The molecule has 1 aromatic carbocycles. The van der Waals surface area contributed by atoms with Gasteiger partial charge in [-0.25, -0.2) is 13.4 Å². The molecule has 1 atom stereocenters. The number of likely N-dealkylation sites (tertiary alicyclic amines) is 1. The number of benzene rings is 1. The fourth-order valence-corrected chi connectivity index (χ4v) is 5.60. The molecule has 1 unspecified atom stereocenters. The fourth-order valence-electron chi connectivity index (χ4n) is 4.09. The van der Waals surface area contributed by atoms with E-state index in [4.69, 9.17) is 9.47 Å². The van der Waals surface area contributed by atoms with Gasteiger partial charge in [0.1, 0.15) is 6.10 Å². The van der Waals surface area contributed by atoms with E-state index in [1.54, 1.807) is 29.3 Å². The van der Waals surface area contributed by atoms with Crippen molar-refractivity contribution in [1.29, 1.82) is 0 Å². The SMILES string of the molecule is COc1nccc(OC2CCCN(C(=O)c3ccc(S(=O)(=O)N4CCCCC4)cc3)C2)n1. The quantitative estimate of drug-likeness (QED) is 0.652. The molecular formula is C22H28N4O5S. The fraction of sp³-hybridized carbons (Fsp3) is 0.500. The molecule has 3 heterocycles. The zero-order chi connectivity index (χ0) is 22.6. The van der Waals surface area contributed by atoms with Crippen LogP contribution in [0.4, 0.5) is 0 Å². The molecule has 0 bridgehead atoms. The Morgan fingerprint density at radius 1 is 1.03 bits per heavy atom. The van der Waals surface area contributed by atoms with Crippen LogP contribution in [0.1, 0.15) is 42.5 Å². The van der Waals surface area contributed by atoms with E-state index in [9.17, 15) is 13.2 Å². The van der Waals surface area contributed by atoms with Crippen LogP contribution in [0.5, 0.6) is 11.9 Å². The first-order valence-corrected chi connectivity index (χ1v) is 12.3. The summed E-state index contributed by atoms with van der Waals surface area (Å²) in [5, 5.41) is 0. The Bertz CT molecular complexity index is 1040. The van der Waals surface area contributed by atoms with Crippen LogP contribution >= 0.6 is 0 Å². The van der Waals surface area contributed by atoms with Gasteiger partial charge in [-0.2, -0.15) is 9.29 Å². The van der Waals surface area contributed by atoms with Crippen molar-refractivity contribution in [3.05, 3.63) is 42.1 Å². The van der Waals surface area contributed by atoms with E-state index in [2.05, 4.69) is 9.97 Å². The van der Waals surface area contributed by atoms with E-state index in [0.29, 0.717) is 37.6 Å². The monoisotopic (exact) mass is 460 g/mol. The second kappa shape index (κ2) is 9.83. The van der Waals surface area contributed by atoms with Gasteiger partial charge in [-0.1, -0.05) is 6.42 Å². The Morgan fingerprint density at radius 3 is 2.50 bits per heavy atom. The standard InChI is InChI=1S/C22H28N4O5S/c1-30-22-23-12-11-20(24-22)31-18-6-5-13-25(16-18)21(27)17-7-9-19(10-8-17)32(28,29)26-14-3-2-4-15-26/h7-12,18H,2-6,13-16H2,1H3. The zero-order valence-corrected chi connectivity index (χ0v) is 19.0. The molecule has 2 fully saturated rings. The molecule has 0 saturated carbocycles. The van der Waals surface area contributed by atoms with Crippen molar-refractivity contribution in [3.63, 3.8) is 0 Å². The predicted molar refractivity (Wildman–Crippen MR) is 117 cm³/mol. The van der Waals surface area contributed by atoms with Crippen LogP contribution in [-0.2, 0) is 10.0 Å². The van der Waals surface area contributed by atoms with Crippen LogP contribution in [0, 0.1) is 0 Å². The number of nitrogens with zero attached hydrogens (tertiary/aromatic N) is 4. The molecule has 0 spiro atoms. The summed E-state index contributed by atoms with van der Waals surface area (Å²) in [6, 6.07) is 8.14. The van der Waals surface area contributed by atoms with Crippen LogP contribution in [0.2, 0.25) is 0 Å². The molecule has 32 heavy (non-hydrogen) atoms. The maximum absolute atomic E-state index is 13.0. The normalized spacial score (nSPS) is 20.0. The molecule has 9 nitrogen and oxygen atoms in total. The molecule has 2 aliphatic rings. The molecule has 2 saturated heterocycles. The number of carbonyl (C=O) groups excluding carboxylic acids is 1. The topological polar surface area (TPSA) is 102 Å². The van der Waals surface area contributed by atoms with Crippen molar-refractivity contribution in [2.24, 2.45) is 0 Å². The predicted octanol–water partition coefficient (Wildman–Crippen LogP) is 2.34. The molecule has 1 aromatic heterocycles. The smallest absolute Gasteiger partial charge is 0.319 e. The highest BCUT2D eigenvalue weighted by molar-refractivity contribution is 7.89. The van der Waals surface area contributed by atoms with Gasteiger partial charge in [0.05, 0.1) is 18.6 Å².